The number of nitrogens with one attached hydrogen (secondary N) is 1. The van der Waals surface area contributed by atoms with E-state index in [2.05, 4.69) is 24.0 Å². The number of fused-ring (bicyclic) bond motifs is 2. The second-order valence-electron chi connectivity index (χ2n) is 8.35. The smallest absolute Gasteiger partial charge is 0.256 e. The lowest BCUT2D eigenvalue weighted by atomic mass is 9.87. The van der Waals surface area contributed by atoms with Gasteiger partial charge in [0, 0.05) is 50.0 Å². The number of aromatic nitrogens is 1. The van der Waals surface area contributed by atoms with Gasteiger partial charge < -0.3 is 14.8 Å². The van der Waals surface area contributed by atoms with E-state index in [1.54, 1.807) is 6.92 Å². The van der Waals surface area contributed by atoms with Crippen LogP contribution in [0.4, 0.5) is 0 Å². The van der Waals surface area contributed by atoms with Gasteiger partial charge >= 0.3 is 0 Å². The van der Waals surface area contributed by atoms with Crippen molar-refractivity contribution in [2.24, 2.45) is 11.8 Å². The lowest BCUT2D eigenvalue weighted by molar-refractivity contribution is -0.128. The lowest BCUT2D eigenvalue weighted by Gasteiger charge is -2.31. The Kier molecular flexibility index (Phi) is 4.19. The molecule has 0 radical (unpaired) electrons. The Morgan fingerprint density at radius 3 is 2.62 bits per heavy atom. The fourth-order valence-electron chi connectivity index (χ4n) is 5.25. The molecule has 1 N–H and O–H groups in total. The molecule has 1 aromatic heterocycles. The molecule has 0 saturated carbocycles. The van der Waals surface area contributed by atoms with Crippen LogP contribution >= 0.6 is 0 Å². The molecule has 3 aromatic rings. The van der Waals surface area contributed by atoms with Crippen LogP contribution in [-0.4, -0.2) is 46.2 Å². The lowest BCUT2D eigenvalue weighted by Crippen LogP contribution is -2.37. The highest BCUT2D eigenvalue weighted by molar-refractivity contribution is 6.06. The van der Waals surface area contributed by atoms with Gasteiger partial charge in [-0.2, -0.15) is 0 Å². The third-order valence-corrected chi connectivity index (χ3v) is 6.70. The van der Waals surface area contributed by atoms with Crippen molar-refractivity contribution in [3.8, 4) is 0 Å². The fourth-order valence-corrected chi connectivity index (χ4v) is 5.25. The highest BCUT2D eigenvalue weighted by atomic mass is 16.2. The Hall–Kier alpha value is -3.08. The van der Waals surface area contributed by atoms with Gasteiger partial charge in [-0.25, -0.2) is 0 Å². The Labute approximate surface area is 170 Å². The molecule has 5 heteroatoms. The number of benzene rings is 2. The zero-order chi connectivity index (χ0) is 20.1. The summed E-state index contributed by atoms with van der Waals surface area (Å²) in [5.41, 5.74) is 3.99. The molecule has 2 amide bonds. The molecular weight excluding hydrogens is 362 g/mol. The van der Waals surface area contributed by atoms with Crippen molar-refractivity contribution in [1.82, 2.24) is 14.8 Å². The quantitative estimate of drug-likeness (QED) is 0.728. The average molecular weight is 387 g/mol. The van der Waals surface area contributed by atoms with Crippen molar-refractivity contribution in [1.29, 1.82) is 0 Å². The maximum atomic E-state index is 13.7. The molecule has 0 bridgehead atoms. The zero-order valence-electron chi connectivity index (χ0n) is 16.8. The molecule has 3 heterocycles. The van der Waals surface area contributed by atoms with E-state index in [1.807, 2.05) is 52.4 Å². The van der Waals surface area contributed by atoms with Gasteiger partial charge in [0.2, 0.25) is 5.91 Å². The number of hydrogen-bond acceptors (Lipinski definition) is 2. The van der Waals surface area contributed by atoms with Gasteiger partial charge in [-0.1, -0.05) is 36.4 Å². The maximum absolute atomic E-state index is 13.7. The van der Waals surface area contributed by atoms with Gasteiger partial charge in [0.1, 0.15) is 0 Å². The molecule has 0 aliphatic carbocycles. The van der Waals surface area contributed by atoms with Crippen LogP contribution in [0.15, 0.2) is 54.7 Å². The summed E-state index contributed by atoms with van der Waals surface area (Å²) in [4.78, 5) is 32.9. The van der Waals surface area contributed by atoms with E-state index >= 15 is 0 Å². The molecule has 2 aliphatic heterocycles. The van der Waals surface area contributed by atoms with E-state index in [-0.39, 0.29) is 23.8 Å². The van der Waals surface area contributed by atoms with E-state index in [0.29, 0.717) is 12.5 Å². The van der Waals surface area contributed by atoms with E-state index in [9.17, 15) is 9.59 Å². The normalized spacial score (nSPS) is 23.6. The fraction of sp³-hybridized carbons (Fsp3) is 0.333. The first kappa shape index (κ1) is 18.0. The van der Waals surface area contributed by atoms with Gasteiger partial charge in [-0.3, -0.25) is 9.59 Å². The summed E-state index contributed by atoms with van der Waals surface area (Å²) in [6.45, 7) is 5.88. The van der Waals surface area contributed by atoms with E-state index in [4.69, 9.17) is 0 Å². The minimum Gasteiger partial charge on any atom is -0.361 e. The van der Waals surface area contributed by atoms with Gasteiger partial charge in [-0.15, -0.1) is 0 Å². The van der Waals surface area contributed by atoms with Crippen molar-refractivity contribution in [2.75, 3.05) is 19.6 Å². The molecule has 2 aliphatic rings. The predicted molar refractivity (Wildman–Crippen MR) is 112 cm³/mol. The van der Waals surface area contributed by atoms with E-state index < -0.39 is 0 Å². The van der Waals surface area contributed by atoms with Crippen molar-refractivity contribution < 1.29 is 9.59 Å². The highest BCUT2D eigenvalue weighted by Crippen LogP contribution is 2.46. The number of H-pyrrole nitrogens is 1. The van der Waals surface area contributed by atoms with Gasteiger partial charge in [-0.05, 0) is 30.2 Å². The van der Waals surface area contributed by atoms with Crippen molar-refractivity contribution in [3.05, 3.63) is 71.4 Å². The highest BCUT2D eigenvalue weighted by Gasteiger charge is 2.50. The van der Waals surface area contributed by atoms with Crippen molar-refractivity contribution in [3.63, 3.8) is 0 Å². The SMILES string of the molecule is CC(=O)N1C[C@H]2CN(C(=O)c3cccc4cc[nH]c34)[C@H](c3ccccc3C)[C@H]2C1. The Morgan fingerprint density at radius 2 is 1.83 bits per heavy atom. The summed E-state index contributed by atoms with van der Waals surface area (Å²) >= 11 is 0. The minimum atomic E-state index is -0.0109. The first-order chi connectivity index (χ1) is 14.0. The number of aryl methyl sites for hydroxylation is 1. The van der Waals surface area contributed by atoms with Crippen LogP contribution in [0.1, 0.15) is 34.5 Å². The molecule has 5 rings (SSSR count). The summed E-state index contributed by atoms with van der Waals surface area (Å²) in [7, 11) is 0. The molecular formula is C24H25N3O2. The first-order valence-electron chi connectivity index (χ1n) is 10.2. The van der Waals surface area contributed by atoms with Gasteiger partial charge in [0.05, 0.1) is 17.1 Å². The second kappa shape index (κ2) is 6.76. The number of para-hydroxylation sites is 1. The molecule has 148 valence electrons. The van der Waals surface area contributed by atoms with Crippen molar-refractivity contribution in [2.45, 2.75) is 19.9 Å². The summed E-state index contributed by atoms with van der Waals surface area (Å²) in [6.07, 6.45) is 1.88. The van der Waals surface area contributed by atoms with Gasteiger partial charge in [0.25, 0.3) is 5.91 Å². The molecule has 2 fully saturated rings. The van der Waals surface area contributed by atoms with Crippen LogP contribution in [0.5, 0.6) is 0 Å². The molecule has 29 heavy (non-hydrogen) atoms. The van der Waals surface area contributed by atoms with Crippen LogP contribution in [0, 0.1) is 18.8 Å². The standard InChI is InChI=1S/C24H25N3O2/c1-15-6-3-4-8-19(15)23-21-14-26(16(2)28)12-18(21)13-27(23)24(29)20-9-5-7-17-10-11-25-22(17)20/h3-11,18,21,23,25H,12-14H2,1-2H3/t18-,21-,23+/m0/s1. The summed E-state index contributed by atoms with van der Waals surface area (Å²) < 4.78 is 0. The topological polar surface area (TPSA) is 56.4 Å². The number of likely N-dealkylation sites (tertiary alicyclic amines) is 2. The molecule has 3 atom stereocenters. The van der Waals surface area contributed by atoms with Gasteiger partial charge in [0.15, 0.2) is 0 Å². The second-order valence-corrected chi connectivity index (χ2v) is 8.35. The summed E-state index contributed by atoms with van der Waals surface area (Å²) in [5.74, 6) is 0.772. The van der Waals surface area contributed by atoms with Crippen molar-refractivity contribution >= 4 is 22.7 Å². The van der Waals surface area contributed by atoms with Crippen LogP contribution in [0.25, 0.3) is 10.9 Å². The van der Waals surface area contributed by atoms with Crippen LogP contribution in [0.2, 0.25) is 0 Å². The Morgan fingerprint density at radius 1 is 1.00 bits per heavy atom. The third kappa shape index (κ3) is 2.84. The third-order valence-electron chi connectivity index (χ3n) is 6.70. The number of rotatable bonds is 2. The zero-order valence-corrected chi connectivity index (χ0v) is 16.8. The van der Waals surface area contributed by atoms with E-state index in [0.717, 1.165) is 29.6 Å². The molecule has 0 unspecified atom stereocenters. The van der Waals surface area contributed by atoms with E-state index in [1.165, 1.54) is 11.1 Å². The van der Waals surface area contributed by atoms with Crippen LogP contribution < -0.4 is 0 Å². The Balaban J connectivity index is 1.57. The van der Waals surface area contributed by atoms with Crippen LogP contribution in [-0.2, 0) is 4.79 Å². The monoisotopic (exact) mass is 387 g/mol. The number of carbonyl (C=O) groups is 2. The number of carbonyl (C=O) groups excluding carboxylic acids is 2. The predicted octanol–water partition coefficient (Wildman–Crippen LogP) is 3.77. The number of aromatic amines is 1. The number of amides is 2. The number of hydrogen-bond donors (Lipinski definition) is 1. The summed E-state index contributed by atoms with van der Waals surface area (Å²) in [5, 5.41) is 1.05. The van der Waals surface area contributed by atoms with Crippen LogP contribution in [0.3, 0.4) is 0 Å². The maximum Gasteiger partial charge on any atom is 0.256 e. The molecule has 2 saturated heterocycles. The summed E-state index contributed by atoms with van der Waals surface area (Å²) in [6, 6.07) is 16.2. The molecule has 0 spiro atoms. The average Bonchev–Trinajstić information content (AvgIpc) is 3.41. The first-order valence-corrected chi connectivity index (χ1v) is 10.2. The minimum absolute atomic E-state index is 0.0109. The molecule has 2 aromatic carbocycles. The largest absolute Gasteiger partial charge is 0.361 e. The Bertz CT molecular complexity index is 1100. The molecule has 5 nitrogen and oxygen atoms in total. The number of nitrogens with zero attached hydrogens (tertiary/aromatic N) is 2.